The van der Waals surface area contributed by atoms with E-state index in [-0.39, 0.29) is 17.4 Å². The van der Waals surface area contributed by atoms with Crippen molar-refractivity contribution in [2.45, 2.75) is 97.6 Å². The number of carbonyl (C=O) groups excluding carboxylic acids is 1. The van der Waals surface area contributed by atoms with Crippen molar-refractivity contribution in [1.82, 2.24) is 0 Å². The van der Waals surface area contributed by atoms with E-state index in [1.807, 2.05) is 0 Å². The summed E-state index contributed by atoms with van der Waals surface area (Å²) in [7, 11) is 0. The summed E-state index contributed by atoms with van der Waals surface area (Å²) in [6.07, 6.45) is 10.0. The number of nitrogens with two attached hydrogens (primary N) is 1. The normalized spacial score (nSPS) is 44.8. The lowest BCUT2D eigenvalue weighted by molar-refractivity contribution is -0.142. The fourth-order valence-electron chi connectivity index (χ4n) is 7.30. The highest BCUT2D eigenvalue weighted by Crippen LogP contribution is 2.65. The molecule has 0 radical (unpaired) electrons. The number of carbonyl (C=O) groups is 2. The van der Waals surface area contributed by atoms with E-state index in [0.29, 0.717) is 17.1 Å². The van der Waals surface area contributed by atoms with Gasteiger partial charge < -0.3 is 15.9 Å². The number of hydrogen-bond donors (Lipinski definition) is 3. The minimum absolute atomic E-state index is 0.0208. The van der Waals surface area contributed by atoms with Crippen molar-refractivity contribution in [2.24, 2.45) is 46.2 Å². The number of carboxylic acids is 1. The Kier molecular flexibility index (Phi) is 6.51. The number of aliphatic carboxylic acids is 1. The summed E-state index contributed by atoms with van der Waals surface area (Å²) in [5, 5.41) is 18.7. The topological polar surface area (TPSA) is 101 Å². The molecule has 4 fully saturated rings. The molecule has 4 rings (SSSR count). The summed E-state index contributed by atoms with van der Waals surface area (Å²) in [5.74, 6) is 2.61. The second kappa shape index (κ2) is 8.30. The first-order valence-electron chi connectivity index (χ1n) is 11.7. The number of Topliss-reactive ketones (excluding diaryl/α,β-unsaturated/α-hetero) is 1. The van der Waals surface area contributed by atoms with Gasteiger partial charge in [-0.1, -0.05) is 27.7 Å². The molecule has 4 N–H and O–H groups in total. The van der Waals surface area contributed by atoms with Gasteiger partial charge in [0.2, 0.25) is 0 Å². The van der Waals surface area contributed by atoms with Crippen LogP contribution >= 0.6 is 0 Å². The number of rotatable bonds is 2. The summed E-state index contributed by atoms with van der Waals surface area (Å²) in [6, 6.07) is -0.713. The van der Waals surface area contributed by atoms with Gasteiger partial charge in [-0.2, -0.15) is 0 Å². The SMILES string of the molecule is CC(C)[C@H](N)C(=O)O.C[C@]12CCC(=O)C[C@@H]1CC[C@@H]1[C@@H]2CC[C@]2(C)[C@@H](O)CC[C@@H]12. The molecule has 0 spiro atoms. The van der Waals surface area contributed by atoms with Crippen LogP contribution in [0.15, 0.2) is 0 Å². The third-order valence-corrected chi connectivity index (χ3v) is 9.44. The number of ketones is 1. The molecule has 0 heterocycles. The minimum Gasteiger partial charge on any atom is -0.480 e. The van der Waals surface area contributed by atoms with Crippen LogP contribution in [0.3, 0.4) is 0 Å². The van der Waals surface area contributed by atoms with E-state index in [1.165, 1.54) is 32.1 Å². The number of aliphatic hydroxyl groups excluding tert-OH is 1. The van der Waals surface area contributed by atoms with Crippen LogP contribution in [0.5, 0.6) is 0 Å². The van der Waals surface area contributed by atoms with Gasteiger partial charge in [-0.05, 0) is 85.4 Å². The van der Waals surface area contributed by atoms with Gasteiger partial charge in [0.1, 0.15) is 11.8 Å². The third kappa shape index (κ3) is 4.01. The average Bonchev–Trinajstić information content (AvgIpc) is 2.97. The van der Waals surface area contributed by atoms with Crippen LogP contribution in [0.25, 0.3) is 0 Å². The zero-order chi connectivity index (χ0) is 21.6. The van der Waals surface area contributed by atoms with Crippen molar-refractivity contribution in [3.8, 4) is 0 Å². The van der Waals surface area contributed by atoms with E-state index in [0.717, 1.165) is 43.4 Å². The van der Waals surface area contributed by atoms with Crippen molar-refractivity contribution < 1.29 is 19.8 Å². The lowest BCUT2D eigenvalue weighted by Crippen LogP contribution is -2.54. The van der Waals surface area contributed by atoms with E-state index < -0.39 is 12.0 Å². The molecule has 0 aromatic heterocycles. The number of aliphatic hydroxyl groups is 1. The molecule has 0 bridgehead atoms. The predicted molar refractivity (Wildman–Crippen MR) is 113 cm³/mol. The maximum atomic E-state index is 11.9. The Hall–Kier alpha value is -0.940. The largest absolute Gasteiger partial charge is 0.480 e. The predicted octanol–water partition coefficient (Wildman–Crippen LogP) is 4.01. The maximum Gasteiger partial charge on any atom is 0.320 e. The number of carboxylic acid groups (broad SMARTS) is 1. The van der Waals surface area contributed by atoms with Crippen molar-refractivity contribution in [1.29, 1.82) is 0 Å². The average molecular weight is 408 g/mol. The van der Waals surface area contributed by atoms with Crippen molar-refractivity contribution in [2.75, 3.05) is 0 Å². The molecular formula is C24H41NO4. The molecule has 166 valence electrons. The Labute approximate surface area is 175 Å². The third-order valence-electron chi connectivity index (χ3n) is 9.44. The Morgan fingerprint density at radius 3 is 2.28 bits per heavy atom. The molecule has 4 aliphatic carbocycles. The Morgan fingerprint density at radius 1 is 1.03 bits per heavy atom. The quantitative estimate of drug-likeness (QED) is 0.642. The molecule has 29 heavy (non-hydrogen) atoms. The van der Waals surface area contributed by atoms with Crippen LogP contribution in [0.1, 0.15) is 85.5 Å². The minimum atomic E-state index is -0.931. The lowest BCUT2D eigenvalue weighted by Gasteiger charge is -2.60. The van der Waals surface area contributed by atoms with Crippen LogP contribution in [-0.4, -0.2) is 34.1 Å². The molecule has 4 aliphatic rings. The first-order chi connectivity index (χ1) is 13.5. The summed E-state index contributed by atoms with van der Waals surface area (Å²) in [6.45, 7) is 8.40. The zero-order valence-electron chi connectivity index (χ0n) is 18.7. The molecule has 0 saturated heterocycles. The second-order valence-corrected chi connectivity index (χ2v) is 11.1. The lowest BCUT2D eigenvalue weighted by atomic mass is 9.45. The molecule has 5 nitrogen and oxygen atoms in total. The van der Waals surface area contributed by atoms with Gasteiger partial charge in [-0.25, -0.2) is 0 Å². The molecule has 0 aliphatic heterocycles. The van der Waals surface area contributed by atoms with Gasteiger partial charge in [0.25, 0.3) is 0 Å². The molecule has 5 heteroatoms. The Balaban J connectivity index is 0.000000258. The van der Waals surface area contributed by atoms with Gasteiger partial charge >= 0.3 is 5.97 Å². The molecule has 0 aromatic carbocycles. The van der Waals surface area contributed by atoms with Gasteiger partial charge in [0, 0.05) is 12.8 Å². The van der Waals surface area contributed by atoms with Crippen LogP contribution in [0.4, 0.5) is 0 Å². The van der Waals surface area contributed by atoms with E-state index in [4.69, 9.17) is 10.8 Å². The van der Waals surface area contributed by atoms with E-state index in [2.05, 4.69) is 13.8 Å². The summed E-state index contributed by atoms with van der Waals surface area (Å²) < 4.78 is 0. The van der Waals surface area contributed by atoms with Crippen LogP contribution in [0.2, 0.25) is 0 Å². The van der Waals surface area contributed by atoms with Crippen molar-refractivity contribution in [3.63, 3.8) is 0 Å². The Morgan fingerprint density at radius 2 is 1.69 bits per heavy atom. The monoisotopic (exact) mass is 407 g/mol. The summed E-state index contributed by atoms with van der Waals surface area (Å²) >= 11 is 0. The summed E-state index contributed by atoms with van der Waals surface area (Å²) in [4.78, 5) is 21.9. The fraction of sp³-hybridized carbons (Fsp3) is 0.917. The van der Waals surface area contributed by atoms with Crippen molar-refractivity contribution in [3.05, 3.63) is 0 Å². The highest BCUT2D eigenvalue weighted by molar-refractivity contribution is 5.79. The van der Waals surface area contributed by atoms with Crippen LogP contribution in [-0.2, 0) is 9.59 Å². The van der Waals surface area contributed by atoms with Gasteiger partial charge in [0.05, 0.1) is 6.10 Å². The highest BCUT2D eigenvalue weighted by atomic mass is 16.4. The molecule has 0 aromatic rings. The fourth-order valence-corrected chi connectivity index (χ4v) is 7.30. The molecule has 0 unspecified atom stereocenters. The smallest absolute Gasteiger partial charge is 0.320 e. The maximum absolute atomic E-state index is 11.9. The van der Waals surface area contributed by atoms with Crippen molar-refractivity contribution >= 4 is 11.8 Å². The Bertz CT molecular complexity index is 634. The first kappa shape index (κ1) is 22.7. The standard InChI is InChI=1S/C19H30O2.C5H11NO2/c1-18-9-7-13(20)11-12(18)3-4-14-15-5-6-17(21)19(15,2)10-8-16(14)18;1-3(2)4(6)5(7)8/h12,14-17,21H,3-11H2,1-2H3;3-4H,6H2,1-2H3,(H,7,8)/t12-,14-,15-,16-,17-,18-,19-;4-/m00/s1. The zero-order valence-corrected chi connectivity index (χ0v) is 18.7. The van der Waals surface area contributed by atoms with E-state index in [1.54, 1.807) is 13.8 Å². The van der Waals surface area contributed by atoms with E-state index in [9.17, 15) is 14.7 Å². The van der Waals surface area contributed by atoms with Crippen LogP contribution in [0, 0.1) is 40.4 Å². The number of hydrogen-bond acceptors (Lipinski definition) is 4. The van der Waals surface area contributed by atoms with Gasteiger partial charge in [-0.3, -0.25) is 9.59 Å². The van der Waals surface area contributed by atoms with E-state index >= 15 is 0 Å². The molecular weight excluding hydrogens is 366 g/mol. The highest BCUT2D eigenvalue weighted by Gasteiger charge is 2.59. The molecule has 4 saturated carbocycles. The van der Waals surface area contributed by atoms with Gasteiger partial charge in [0.15, 0.2) is 0 Å². The second-order valence-electron chi connectivity index (χ2n) is 11.1. The summed E-state index contributed by atoms with van der Waals surface area (Å²) in [5.41, 5.74) is 5.76. The molecule has 8 atom stereocenters. The van der Waals surface area contributed by atoms with Crippen LogP contribution < -0.4 is 5.73 Å². The number of fused-ring (bicyclic) bond motifs is 5. The molecule has 0 amide bonds. The first-order valence-corrected chi connectivity index (χ1v) is 11.7. The van der Waals surface area contributed by atoms with Gasteiger partial charge in [-0.15, -0.1) is 0 Å².